The Morgan fingerprint density at radius 2 is 1.93 bits per heavy atom. The Balaban J connectivity index is 1.57. The standard InChI is InChI=1S/C19H23N5O3/c1-2-27-19(26)24-10-8-23(9-11-24)18(25)16-5-7-21-17(12-16)22-14-15-4-3-6-20-13-15/h3-7,12-13H,2,8-11,14H2,1H3,(H,21,22). The fraction of sp³-hybridized carbons (Fsp3) is 0.368. The van der Waals surface area contributed by atoms with Crippen LogP contribution in [0.15, 0.2) is 42.9 Å². The van der Waals surface area contributed by atoms with Crippen LogP contribution >= 0.6 is 0 Å². The highest BCUT2D eigenvalue weighted by Crippen LogP contribution is 2.13. The van der Waals surface area contributed by atoms with Crippen LogP contribution in [0.2, 0.25) is 0 Å². The monoisotopic (exact) mass is 369 g/mol. The summed E-state index contributed by atoms with van der Waals surface area (Å²) in [7, 11) is 0. The van der Waals surface area contributed by atoms with E-state index < -0.39 is 0 Å². The van der Waals surface area contributed by atoms with Crippen molar-refractivity contribution < 1.29 is 14.3 Å². The first-order valence-corrected chi connectivity index (χ1v) is 8.97. The smallest absolute Gasteiger partial charge is 0.409 e. The number of carbonyl (C=O) groups excluding carboxylic acids is 2. The van der Waals surface area contributed by atoms with Crippen LogP contribution in [0.1, 0.15) is 22.8 Å². The summed E-state index contributed by atoms with van der Waals surface area (Å²) in [6, 6.07) is 7.30. The molecule has 0 aliphatic carbocycles. The first kappa shape index (κ1) is 18.6. The predicted octanol–water partition coefficient (Wildman–Crippen LogP) is 2.00. The highest BCUT2D eigenvalue weighted by Gasteiger charge is 2.25. The Morgan fingerprint density at radius 3 is 2.63 bits per heavy atom. The van der Waals surface area contributed by atoms with Crippen molar-refractivity contribution in [3.05, 3.63) is 54.0 Å². The number of amides is 2. The van der Waals surface area contributed by atoms with E-state index in [9.17, 15) is 9.59 Å². The minimum absolute atomic E-state index is 0.0645. The van der Waals surface area contributed by atoms with Gasteiger partial charge in [0, 0.05) is 56.9 Å². The average Bonchev–Trinajstić information content (AvgIpc) is 2.73. The van der Waals surface area contributed by atoms with E-state index in [2.05, 4.69) is 15.3 Å². The number of nitrogens with zero attached hydrogens (tertiary/aromatic N) is 4. The van der Waals surface area contributed by atoms with Gasteiger partial charge < -0.3 is 19.9 Å². The van der Waals surface area contributed by atoms with E-state index in [1.165, 1.54) is 0 Å². The van der Waals surface area contributed by atoms with Crippen LogP contribution in [-0.4, -0.2) is 64.6 Å². The largest absolute Gasteiger partial charge is 0.450 e. The normalized spacial score (nSPS) is 14.0. The number of anilines is 1. The van der Waals surface area contributed by atoms with Gasteiger partial charge in [-0.1, -0.05) is 6.07 Å². The number of nitrogens with one attached hydrogen (secondary N) is 1. The van der Waals surface area contributed by atoms with Crippen LogP contribution in [0.4, 0.5) is 10.6 Å². The van der Waals surface area contributed by atoms with Crippen molar-refractivity contribution >= 4 is 17.8 Å². The van der Waals surface area contributed by atoms with Crippen molar-refractivity contribution in [1.82, 2.24) is 19.8 Å². The lowest BCUT2D eigenvalue weighted by Gasteiger charge is -2.34. The van der Waals surface area contributed by atoms with Crippen LogP contribution in [0.3, 0.4) is 0 Å². The molecule has 2 aromatic heterocycles. The molecule has 2 amide bonds. The third kappa shape index (κ3) is 4.93. The number of hydrogen-bond acceptors (Lipinski definition) is 6. The number of pyridine rings is 2. The average molecular weight is 369 g/mol. The van der Waals surface area contributed by atoms with Crippen molar-refractivity contribution in [1.29, 1.82) is 0 Å². The Morgan fingerprint density at radius 1 is 1.15 bits per heavy atom. The van der Waals surface area contributed by atoms with Crippen molar-refractivity contribution in [3.63, 3.8) is 0 Å². The van der Waals surface area contributed by atoms with Crippen molar-refractivity contribution in [2.24, 2.45) is 0 Å². The maximum Gasteiger partial charge on any atom is 0.409 e. The minimum atomic E-state index is -0.324. The third-order valence-electron chi connectivity index (χ3n) is 4.30. The maximum absolute atomic E-state index is 12.8. The summed E-state index contributed by atoms with van der Waals surface area (Å²) >= 11 is 0. The molecular weight excluding hydrogens is 346 g/mol. The fourth-order valence-electron chi connectivity index (χ4n) is 2.85. The Labute approximate surface area is 158 Å². The molecule has 0 radical (unpaired) electrons. The summed E-state index contributed by atoms with van der Waals surface area (Å²) in [6.45, 7) is 4.63. The van der Waals surface area contributed by atoms with Crippen molar-refractivity contribution in [2.75, 3.05) is 38.1 Å². The second-order valence-electron chi connectivity index (χ2n) is 6.12. The van der Waals surface area contributed by atoms with Crippen LogP contribution in [0, 0.1) is 0 Å². The predicted molar refractivity (Wildman–Crippen MR) is 100 cm³/mol. The number of piperazine rings is 1. The molecule has 1 aliphatic rings. The first-order chi connectivity index (χ1) is 13.2. The number of carbonyl (C=O) groups is 2. The molecule has 1 aliphatic heterocycles. The number of aromatic nitrogens is 2. The van der Waals surface area contributed by atoms with Gasteiger partial charge in [0.1, 0.15) is 5.82 Å². The molecule has 0 unspecified atom stereocenters. The second kappa shape index (κ2) is 8.98. The molecule has 0 bridgehead atoms. The molecule has 2 aromatic rings. The zero-order valence-electron chi connectivity index (χ0n) is 15.3. The van der Waals surface area contributed by atoms with Crippen LogP contribution < -0.4 is 5.32 Å². The van der Waals surface area contributed by atoms with Gasteiger partial charge in [-0.05, 0) is 30.7 Å². The fourth-order valence-corrected chi connectivity index (χ4v) is 2.85. The zero-order valence-corrected chi connectivity index (χ0v) is 15.3. The molecule has 0 atom stereocenters. The molecule has 1 N–H and O–H groups in total. The molecule has 3 heterocycles. The number of rotatable bonds is 5. The molecule has 1 saturated heterocycles. The van der Waals surface area contributed by atoms with E-state index in [1.54, 1.807) is 47.4 Å². The first-order valence-electron chi connectivity index (χ1n) is 8.97. The second-order valence-corrected chi connectivity index (χ2v) is 6.12. The van der Waals surface area contributed by atoms with E-state index in [0.29, 0.717) is 50.7 Å². The SMILES string of the molecule is CCOC(=O)N1CCN(C(=O)c2ccnc(NCc3cccnc3)c2)CC1. The van der Waals surface area contributed by atoms with Gasteiger partial charge in [0.15, 0.2) is 0 Å². The van der Waals surface area contributed by atoms with E-state index in [1.807, 2.05) is 12.1 Å². The van der Waals surface area contributed by atoms with Crippen LogP contribution in [0.25, 0.3) is 0 Å². The summed E-state index contributed by atoms with van der Waals surface area (Å²) in [4.78, 5) is 36.2. The molecule has 8 nitrogen and oxygen atoms in total. The van der Waals surface area contributed by atoms with Gasteiger partial charge in [-0.25, -0.2) is 9.78 Å². The van der Waals surface area contributed by atoms with Gasteiger partial charge in [0.05, 0.1) is 6.61 Å². The molecule has 0 aromatic carbocycles. The summed E-state index contributed by atoms with van der Waals surface area (Å²) < 4.78 is 5.00. The lowest BCUT2D eigenvalue weighted by molar-refractivity contribution is 0.0570. The third-order valence-corrected chi connectivity index (χ3v) is 4.30. The maximum atomic E-state index is 12.8. The topological polar surface area (TPSA) is 87.7 Å². The Kier molecular flexibility index (Phi) is 6.19. The van der Waals surface area contributed by atoms with Crippen LogP contribution in [-0.2, 0) is 11.3 Å². The van der Waals surface area contributed by atoms with Gasteiger partial charge in [0.25, 0.3) is 5.91 Å². The summed E-state index contributed by atoms with van der Waals surface area (Å²) in [6.07, 6.45) is 4.80. The van der Waals surface area contributed by atoms with Crippen molar-refractivity contribution in [2.45, 2.75) is 13.5 Å². The molecule has 1 fully saturated rings. The Hall–Kier alpha value is -3.16. The molecule has 0 spiro atoms. The van der Waals surface area contributed by atoms with E-state index in [-0.39, 0.29) is 12.0 Å². The molecule has 27 heavy (non-hydrogen) atoms. The molecular formula is C19H23N5O3. The summed E-state index contributed by atoms with van der Waals surface area (Å²) in [5.74, 6) is 0.570. The minimum Gasteiger partial charge on any atom is -0.450 e. The van der Waals surface area contributed by atoms with Gasteiger partial charge in [-0.15, -0.1) is 0 Å². The Bertz CT molecular complexity index is 776. The molecule has 8 heteroatoms. The lowest BCUT2D eigenvalue weighted by Crippen LogP contribution is -2.50. The van der Waals surface area contributed by atoms with Gasteiger partial charge in [-0.2, -0.15) is 0 Å². The highest BCUT2D eigenvalue weighted by molar-refractivity contribution is 5.95. The van der Waals surface area contributed by atoms with Gasteiger partial charge in [0.2, 0.25) is 0 Å². The quantitative estimate of drug-likeness (QED) is 0.867. The van der Waals surface area contributed by atoms with Crippen LogP contribution in [0.5, 0.6) is 0 Å². The summed E-state index contributed by atoms with van der Waals surface area (Å²) in [5.41, 5.74) is 1.61. The van der Waals surface area contributed by atoms with Gasteiger partial charge in [-0.3, -0.25) is 9.78 Å². The number of ether oxygens (including phenoxy) is 1. The zero-order chi connectivity index (χ0) is 19.1. The van der Waals surface area contributed by atoms with E-state index in [4.69, 9.17) is 4.74 Å². The van der Waals surface area contributed by atoms with E-state index in [0.717, 1.165) is 5.56 Å². The molecule has 3 rings (SSSR count). The molecule has 0 saturated carbocycles. The van der Waals surface area contributed by atoms with Crippen molar-refractivity contribution in [3.8, 4) is 0 Å². The van der Waals surface area contributed by atoms with E-state index >= 15 is 0 Å². The molecule has 142 valence electrons. The van der Waals surface area contributed by atoms with Gasteiger partial charge >= 0.3 is 6.09 Å². The number of hydrogen-bond donors (Lipinski definition) is 1. The summed E-state index contributed by atoms with van der Waals surface area (Å²) in [5, 5.41) is 3.20. The highest BCUT2D eigenvalue weighted by atomic mass is 16.6. The lowest BCUT2D eigenvalue weighted by atomic mass is 10.2.